The van der Waals surface area contributed by atoms with Gasteiger partial charge in [-0.25, -0.2) is 0 Å². The third-order valence-corrected chi connectivity index (χ3v) is 8.83. The van der Waals surface area contributed by atoms with E-state index in [1.54, 1.807) is 6.07 Å². The number of aliphatic carboxylic acids is 1. The van der Waals surface area contributed by atoms with E-state index in [1.165, 1.54) is 18.4 Å². The van der Waals surface area contributed by atoms with E-state index < -0.39 is 5.97 Å². The minimum absolute atomic E-state index is 0.0380. The molecule has 1 saturated heterocycles. The number of nitrogens with zero attached hydrogens (tertiary/aromatic N) is 1. The number of benzene rings is 1. The van der Waals surface area contributed by atoms with Gasteiger partial charge in [0.1, 0.15) is 6.10 Å². The van der Waals surface area contributed by atoms with Gasteiger partial charge in [0, 0.05) is 37.8 Å². The highest BCUT2D eigenvalue weighted by molar-refractivity contribution is 5.67. The van der Waals surface area contributed by atoms with E-state index in [0.717, 1.165) is 50.3 Å². The van der Waals surface area contributed by atoms with Gasteiger partial charge in [-0.15, -0.1) is 0 Å². The van der Waals surface area contributed by atoms with Crippen LogP contribution in [0.1, 0.15) is 49.7 Å². The highest BCUT2D eigenvalue weighted by Crippen LogP contribution is 2.66. The van der Waals surface area contributed by atoms with Gasteiger partial charge >= 0.3 is 5.97 Å². The molecule has 2 unspecified atom stereocenters. The maximum absolute atomic E-state index is 11.1. The van der Waals surface area contributed by atoms with Crippen LogP contribution in [-0.2, 0) is 21.4 Å². The molecule has 1 aromatic carbocycles. The summed E-state index contributed by atoms with van der Waals surface area (Å²) in [5.74, 6) is 0.861. The predicted octanol–water partition coefficient (Wildman–Crippen LogP) is 2.04. The first-order valence-electron chi connectivity index (χ1n) is 11.8. The molecular formula is C24H32N2O5. The number of carboxylic acid groups (broad SMARTS) is 1. The van der Waals surface area contributed by atoms with Crippen molar-refractivity contribution in [1.82, 2.24) is 10.2 Å². The van der Waals surface area contributed by atoms with E-state index in [9.17, 15) is 9.90 Å². The number of likely N-dealkylation sites (tertiary alicyclic amines) is 1. The lowest BCUT2D eigenvalue weighted by Crippen LogP contribution is -2.78. The smallest absolute Gasteiger partial charge is 0.304 e. The van der Waals surface area contributed by atoms with E-state index in [2.05, 4.69) is 16.3 Å². The molecule has 3 aliphatic carbocycles. The summed E-state index contributed by atoms with van der Waals surface area (Å²) in [6.45, 7) is 2.59. The average Bonchev–Trinajstić information content (AvgIpc) is 3.49. The first-order valence-corrected chi connectivity index (χ1v) is 11.8. The molecular weight excluding hydrogens is 396 g/mol. The molecule has 2 aliphatic heterocycles. The second-order valence-corrected chi connectivity index (χ2v) is 10.2. The van der Waals surface area contributed by atoms with Gasteiger partial charge in [0.2, 0.25) is 0 Å². The quantitative estimate of drug-likeness (QED) is 0.612. The van der Waals surface area contributed by atoms with Crippen LogP contribution in [-0.4, -0.2) is 71.6 Å². The van der Waals surface area contributed by atoms with Crippen LogP contribution in [0.25, 0.3) is 0 Å². The summed E-state index contributed by atoms with van der Waals surface area (Å²) in [7, 11) is 1.86. The van der Waals surface area contributed by atoms with Crippen molar-refractivity contribution in [1.29, 1.82) is 0 Å². The van der Waals surface area contributed by atoms with Gasteiger partial charge < -0.3 is 25.0 Å². The van der Waals surface area contributed by atoms with Gasteiger partial charge in [-0.1, -0.05) is 6.07 Å². The number of hydrogen-bond acceptors (Lipinski definition) is 6. The zero-order valence-electron chi connectivity index (χ0n) is 18.1. The van der Waals surface area contributed by atoms with Crippen molar-refractivity contribution in [2.75, 3.05) is 26.7 Å². The van der Waals surface area contributed by atoms with Crippen molar-refractivity contribution in [3.63, 3.8) is 0 Å². The summed E-state index contributed by atoms with van der Waals surface area (Å²) >= 11 is 0. The minimum atomic E-state index is -0.797. The number of carbonyl (C=O) groups is 1. The average molecular weight is 429 g/mol. The summed E-state index contributed by atoms with van der Waals surface area (Å²) in [5.41, 5.74) is 1.78. The van der Waals surface area contributed by atoms with E-state index in [4.69, 9.17) is 14.6 Å². The van der Waals surface area contributed by atoms with E-state index >= 15 is 0 Å². The number of carboxylic acids is 1. The fourth-order valence-corrected chi connectivity index (χ4v) is 7.44. The number of methoxy groups -OCH3 is 1. The summed E-state index contributed by atoms with van der Waals surface area (Å²) in [6, 6.07) is 4.20. The van der Waals surface area contributed by atoms with Crippen LogP contribution in [0.15, 0.2) is 12.1 Å². The van der Waals surface area contributed by atoms with Crippen LogP contribution in [0.3, 0.4) is 0 Å². The van der Waals surface area contributed by atoms with Crippen molar-refractivity contribution in [2.45, 2.75) is 74.1 Å². The summed E-state index contributed by atoms with van der Waals surface area (Å²) < 4.78 is 13.1. The van der Waals surface area contributed by atoms with E-state index in [1.807, 2.05) is 7.11 Å². The van der Waals surface area contributed by atoms with Crippen LogP contribution in [0.4, 0.5) is 0 Å². The molecule has 1 spiro atoms. The van der Waals surface area contributed by atoms with Gasteiger partial charge in [-0.2, -0.15) is 0 Å². The topological polar surface area (TPSA) is 91.3 Å². The Bertz CT molecular complexity index is 917. The lowest BCUT2D eigenvalue weighted by molar-refractivity contribution is -0.207. The second kappa shape index (κ2) is 6.83. The monoisotopic (exact) mass is 428 g/mol. The molecule has 3 fully saturated rings. The lowest BCUT2D eigenvalue weighted by atomic mass is 9.48. The molecule has 0 amide bonds. The van der Waals surface area contributed by atoms with Crippen LogP contribution < -0.4 is 10.1 Å². The van der Waals surface area contributed by atoms with Gasteiger partial charge in [-0.05, 0) is 62.6 Å². The normalized spacial score (nSPS) is 37.9. The van der Waals surface area contributed by atoms with Crippen molar-refractivity contribution >= 4 is 5.97 Å². The Balaban J connectivity index is 1.45. The minimum Gasteiger partial charge on any atom is -0.504 e. The van der Waals surface area contributed by atoms with Crippen LogP contribution in [0.2, 0.25) is 0 Å². The van der Waals surface area contributed by atoms with Crippen LogP contribution in [0, 0.1) is 5.92 Å². The summed E-state index contributed by atoms with van der Waals surface area (Å²) in [4.78, 5) is 13.7. The maximum atomic E-state index is 11.1. The lowest BCUT2D eigenvalue weighted by Gasteiger charge is -2.65. The zero-order valence-corrected chi connectivity index (χ0v) is 18.1. The Labute approximate surface area is 182 Å². The van der Waals surface area contributed by atoms with Gasteiger partial charge in [0.15, 0.2) is 11.5 Å². The van der Waals surface area contributed by atoms with Crippen molar-refractivity contribution in [2.24, 2.45) is 5.92 Å². The number of nitrogens with one attached hydrogen (secondary N) is 1. The van der Waals surface area contributed by atoms with E-state index in [-0.39, 0.29) is 35.3 Å². The van der Waals surface area contributed by atoms with E-state index in [0.29, 0.717) is 18.3 Å². The molecule has 168 valence electrons. The molecule has 3 N–H and O–H groups in total. The number of phenols is 1. The largest absolute Gasteiger partial charge is 0.504 e. The fraction of sp³-hybridized carbons (Fsp3) is 0.708. The number of hydrogen-bond donors (Lipinski definition) is 3. The molecule has 0 aromatic heterocycles. The van der Waals surface area contributed by atoms with Gasteiger partial charge in [0.05, 0.1) is 17.4 Å². The highest BCUT2D eigenvalue weighted by Gasteiger charge is 2.73. The molecule has 7 heteroatoms. The molecule has 2 bridgehead atoms. The number of rotatable bonds is 7. The first kappa shape index (κ1) is 19.8. The Hall–Kier alpha value is -1.83. The first-order chi connectivity index (χ1) is 15.0. The van der Waals surface area contributed by atoms with Gasteiger partial charge in [-0.3, -0.25) is 9.69 Å². The predicted molar refractivity (Wildman–Crippen MR) is 114 cm³/mol. The maximum Gasteiger partial charge on any atom is 0.304 e. The Morgan fingerprint density at radius 1 is 1.32 bits per heavy atom. The Kier molecular flexibility index (Phi) is 4.37. The van der Waals surface area contributed by atoms with Gasteiger partial charge in [0.25, 0.3) is 0 Å². The molecule has 31 heavy (non-hydrogen) atoms. The number of aromatic hydroxyl groups is 1. The third-order valence-electron chi connectivity index (χ3n) is 8.83. The van der Waals surface area contributed by atoms with Crippen molar-refractivity contribution < 1.29 is 24.5 Å². The highest BCUT2D eigenvalue weighted by atomic mass is 16.5. The number of phenolic OH excluding ortho intramolecular Hbond substituents is 1. The standard InChI is InChI=1S/C24H32N2O5/c1-30-24-8-6-16(25-10-7-19(28)29)22-23(24)9-11-26(13-14-2-3-14)18(24)12-15-4-5-17(27)21(31-22)20(15)23/h4-5,14,16,18,22,25,27H,2-3,6-13H2,1H3,(H,28,29)/t16-,18?,22+,23?,24-/m1/s1. The summed E-state index contributed by atoms with van der Waals surface area (Å²) in [6.07, 6.45) is 6.25. The summed E-state index contributed by atoms with van der Waals surface area (Å²) in [5, 5.41) is 23.3. The third kappa shape index (κ3) is 2.60. The second-order valence-electron chi connectivity index (χ2n) is 10.2. The van der Waals surface area contributed by atoms with Crippen LogP contribution in [0.5, 0.6) is 11.5 Å². The molecule has 2 heterocycles. The SMILES string of the molecule is CO[C@@]12CC[C@@H](NCCC(=O)O)[C@@H]3Oc4c(O)ccc5c4C31CCN(CC1CC1)C2C5. The fourth-order valence-electron chi connectivity index (χ4n) is 7.44. The molecule has 1 aromatic rings. The molecule has 7 nitrogen and oxygen atoms in total. The van der Waals surface area contributed by atoms with Crippen molar-refractivity contribution in [3.05, 3.63) is 23.3 Å². The number of ether oxygens (including phenoxy) is 2. The molecule has 2 saturated carbocycles. The molecule has 5 atom stereocenters. The zero-order chi connectivity index (χ0) is 21.4. The molecule has 0 radical (unpaired) electrons. The van der Waals surface area contributed by atoms with Crippen molar-refractivity contribution in [3.8, 4) is 11.5 Å². The Morgan fingerprint density at radius 2 is 2.16 bits per heavy atom. The Morgan fingerprint density at radius 3 is 2.90 bits per heavy atom. The molecule has 6 rings (SSSR count). The van der Waals surface area contributed by atoms with Crippen LogP contribution >= 0.6 is 0 Å². The molecule has 5 aliphatic rings. The number of piperidine rings is 1.